The van der Waals surface area contributed by atoms with Crippen molar-refractivity contribution in [3.05, 3.63) is 65.5 Å². The number of benzene rings is 2. The summed E-state index contributed by atoms with van der Waals surface area (Å²) >= 11 is 0. The van der Waals surface area contributed by atoms with Gasteiger partial charge in [-0.15, -0.1) is 0 Å². The van der Waals surface area contributed by atoms with Crippen LogP contribution in [0.5, 0.6) is 5.75 Å². The van der Waals surface area contributed by atoms with E-state index in [0.29, 0.717) is 0 Å². The smallest absolute Gasteiger partial charge is 0.123 e. The molecule has 0 saturated carbocycles. The van der Waals surface area contributed by atoms with Crippen LogP contribution in [-0.2, 0) is 12.8 Å². The third kappa shape index (κ3) is 4.07. The molecule has 0 aliphatic rings. The van der Waals surface area contributed by atoms with Crippen LogP contribution in [0.1, 0.15) is 11.1 Å². The summed E-state index contributed by atoms with van der Waals surface area (Å²) in [5.41, 5.74) is 2.17. The van der Waals surface area contributed by atoms with E-state index in [0.717, 1.165) is 29.7 Å². The molecule has 2 aromatic rings. The number of ether oxygens (including phenoxy) is 1. The summed E-state index contributed by atoms with van der Waals surface area (Å²) in [6, 6.07) is 14.3. The molecule has 106 valence electrons. The monoisotopic (exact) mass is 274 g/mol. The molecule has 0 aliphatic heterocycles. The van der Waals surface area contributed by atoms with Gasteiger partial charge in [-0.05, 0) is 54.2 Å². The van der Waals surface area contributed by atoms with Gasteiger partial charge in [-0.1, -0.05) is 24.3 Å². The number of hydrogen-bond acceptors (Lipinski definition) is 2. The molecule has 20 heavy (non-hydrogen) atoms. The van der Waals surface area contributed by atoms with Crippen LogP contribution in [0.25, 0.3) is 0 Å². The zero-order chi connectivity index (χ0) is 14.4. The van der Waals surface area contributed by atoms with E-state index >= 15 is 0 Å². The Labute approximate surface area is 118 Å². The van der Waals surface area contributed by atoms with Gasteiger partial charge in [0.2, 0.25) is 0 Å². The van der Waals surface area contributed by atoms with Crippen LogP contribution in [0, 0.1) is 11.7 Å². The van der Waals surface area contributed by atoms with Crippen molar-refractivity contribution in [1.29, 1.82) is 0 Å². The van der Waals surface area contributed by atoms with Gasteiger partial charge in [0, 0.05) is 6.61 Å². The average molecular weight is 274 g/mol. The van der Waals surface area contributed by atoms with E-state index < -0.39 is 0 Å². The van der Waals surface area contributed by atoms with E-state index in [1.165, 1.54) is 12.1 Å². The normalized spacial score (nSPS) is 12.2. The standard InChI is InChI=1S/C17H19FO2/c1-20-17-4-2-3-14(11-17)10-15(12-19)9-13-5-7-16(18)8-6-13/h2-8,11,15,19H,9-10,12H2,1H3. The molecule has 0 bridgehead atoms. The van der Waals surface area contributed by atoms with Crippen molar-refractivity contribution in [2.45, 2.75) is 12.8 Å². The molecule has 0 spiro atoms. The maximum absolute atomic E-state index is 12.9. The lowest BCUT2D eigenvalue weighted by atomic mass is 9.93. The maximum Gasteiger partial charge on any atom is 0.123 e. The molecule has 0 fully saturated rings. The molecule has 2 aromatic carbocycles. The lowest BCUT2D eigenvalue weighted by Crippen LogP contribution is -2.13. The molecule has 0 amide bonds. The van der Waals surface area contributed by atoms with E-state index in [1.807, 2.05) is 24.3 Å². The molecule has 2 nitrogen and oxygen atoms in total. The Morgan fingerprint density at radius 2 is 1.75 bits per heavy atom. The fourth-order valence-corrected chi connectivity index (χ4v) is 2.29. The van der Waals surface area contributed by atoms with Gasteiger partial charge in [-0.25, -0.2) is 4.39 Å². The van der Waals surface area contributed by atoms with Crippen molar-refractivity contribution in [3.63, 3.8) is 0 Å². The van der Waals surface area contributed by atoms with Crippen molar-refractivity contribution in [1.82, 2.24) is 0 Å². The number of halogens is 1. The van der Waals surface area contributed by atoms with Crippen LogP contribution in [0.4, 0.5) is 4.39 Å². The Morgan fingerprint density at radius 3 is 2.40 bits per heavy atom. The minimum absolute atomic E-state index is 0.106. The molecular formula is C17H19FO2. The summed E-state index contributed by atoms with van der Waals surface area (Å²) in [6.45, 7) is 0.106. The molecule has 1 unspecified atom stereocenters. The first-order valence-corrected chi connectivity index (χ1v) is 6.69. The minimum Gasteiger partial charge on any atom is -0.497 e. The van der Waals surface area contributed by atoms with Gasteiger partial charge in [0.15, 0.2) is 0 Å². The van der Waals surface area contributed by atoms with Crippen LogP contribution in [0.15, 0.2) is 48.5 Å². The summed E-state index contributed by atoms with van der Waals surface area (Å²) in [4.78, 5) is 0. The second kappa shape index (κ2) is 7.06. The number of rotatable bonds is 6. The summed E-state index contributed by atoms with van der Waals surface area (Å²) in [6.07, 6.45) is 1.50. The Hall–Kier alpha value is -1.87. The van der Waals surface area contributed by atoms with E-state index in [1.54, 1.807) is 19.2 Å². The highest BCUT2D eigenvalue weighted by Crippen LogP contribution is 2.18. The van der Waals surface area contributed by atoms with Crippen LogP contribution in [0.2, 0.25) is 0 Å². The largest absolute Gasteiger partial charge is 0.497 e. The maximum atomic E-state index is 12.9. The second-order valence-corrected chi connectivity index (χ2v) is 4.93. The third-order valence-electron chi connectivity index (χ3n) is 3.35. The summed E-state index contributed by atoms with van der Waals surface area (Å²) < 4.78 is 18.1. The predicted octanol–water partition coefficient (Wildman–Crippen LogP) is 3.23. The molecule has 0 aliphatic carbocycles. The average Bonchev–Trinajstić information content (AvgIpc) is 2.49. The van der Waals surface area contributed by atoms with Crippen molar-refractivity contribution in [3.8, 4) is 5.75 Å². The number of aliphatic hydroxyl groups excluding tert-OH is 1. The van der Waals surface area contributed by atoms with Crippen LogP contribution < -0.4 is 4.74 Å². The highest BCUT2D eigenvalue weighted by Gasteiger charge is 2.10. The molecule has 0 aromatic heterocycles. The minimum atomic E-state index is -0.234. The van der Waals surface area contributed by atoms with Crippen molar-refractivity contribution >= 4 is 0 Å². The Kier molecular flexibility index (Phi) is 5.13. The molecule has 0 saturated heterocycles. The van der Waals surface area contributed by atoms with Crippen LogP contribution in [0.3, 0.4) is 0 Å². The van der Waals surface area contributed by atoms with Crippen LogP contribution >= 0.6 is 0 Å². The molecule has 3 heteroatoms. The first-order valence-electron chi connectivity index (χ1n) is 6.69. The first-order chi connectivity index (χ1) is 9.71. The van der Waals surface area contributed by atoms with Gasteiger partial charge in [0.1, 0.15) is 11.6 Å². The summed E-state index contributed by atoms with van der Waals surface area (Å²) in [5.74, 6) is 0.704. The highest BCUT2D eigenvalue weighted by molar-refractivity contribution is 5.29. The second-order valence-electron chi connectivity index (χ2n) is 4.93. The van der Waals surface area contributed by atoms with E-state index in [4.69, 9.17) is 4.74 Å². The fourth-order valence-electron chi connectivity index (χ4n) is 2.29. The lowest BCUT2D eigenvalue weighted by Gasteiger charge is -2.15. The SMILES string of the molecule is COc1cccc(CC(CO)Cc2ccc(F)cc2)c1. The van der Waals surface area contributed by atoms with Gasteiger partial charge in [-0.2, -0.15) is 0 Å². The highest BCUT2D eigenvalue weighted by atomic mass is 19.1. The van der Waals surface area contributed by atoms with E-state index in [-0.39, 0.29) is 18.3 Å². The van der Waals surface area contributed by atoms with E-state index in [2.05, 4.69) is 0 Å². The summed E-state index contributed by atoms with van der Waals surface area (Å²) in [5, 5.41) is 9.52. The fraction of sp³-hybridized carbons (Fsp3) is 0.294. The Morgan fingerprint density at radius 1 is 1.05 bits per heavy atom. The van der Waals surface area contributed by atoms with Crippen LogP contribution in [-0.4, -0.2) is 18.8 Å². The first kappa shape index (κ1) is 14.5. The van der Waals surface area contributed by atoms with Crippen molar-refractivity contribution in [2.75, 3.05) is 13.7 Å². The van der Waals surface area contributed by atoms with Crippen molar-refractivity contribution < 1.29 is 14.2 Å². The predicted molar refractivity (Wildman–Crippen MR) is 77.4 cm³/mol. The molecular weight excluding hydrogens is 255 g/mol. The molecule has 1 atom stereocenters. The quantitative estimate of drug-likeness (QED) is 0.876. The van der Waals surface area contributed by atoms with Gasteiger partial charge < -0.3 is 9.84 Å². The van der Waals surface area contributed by atoms with Gasteiger partial charge in [0.05, 0.1) is 7.11 Å². The zero-order valence-electron chi connectivity index (χ0n) is 11.6. The topological polar surface area (TPSA) is 29.5 Å². The number of aliphatic hydroxyl groups is 1. The van der Waals surface area contributed by atoms with Gasteiger partial charge >= 0.3 is 0 Å². The molecule has 0 heterocycles. The number of hydrogen-bond donors (Lipinski definition) is 1. The Balaban J connectivity index is 2.02. The van der Waals surface area contributed by atoms with Gasteiger partial charge in [-0.3, -0.25) is 0 Å². The number of methoxy groups -OCH3 is 1. The molecule has 2 rings (SSSR count). The lowest BCUT2D eigenvalue weighted by molar-refractivity contribution is 0.225. The third-order valence-corrected chi connectivity index (χ3v) is 3.35. The van der Waals surface area contributed by atoms with Gasteiger partial charge in [0.25, 0.3) is 0 Å². The molecule has 1 N–H and O–H groups in total. The summed E-state index contributed by atoms with van der Waals surface area (Å²) in [7, 11) is 1.64. The Bertz CT molecular complexity index is 537. The van der Waals surface area contributed by atoms with Crippen molar-refractivity contribution in [2.24, 2.45) is 5.92 Å². The molecule has 0 radical (unpaired) electrons. The zero-order valence-corrected chi connectivity index (χ0v) is 11.6. The van der Waals surface area contributed by atoms with E-state index in [9.17, 15) is 9.50 Å².